The van der Waals surface area contributed by atoms with E-state index in [-0.39, 0.29) is 13.2 Å². The van der Waals surface area contributed by atoms with Crippen molar-refractivity contribution in [3.63, 3.8) is 0 Å². The summed E-state index contributed by atoms with van der Waals surface area (Å²) in [6.45, 7) is 3.78. The molecule has 15 nitrogen and oxygen atoms in total. The minimum absolute atomic E-state index is 0.120. The van der Waals surface area contributed by atoms with E-state index in [1.807, 2.05) is 0 Å². The molecule has 0 bridgehead atoms. The Hall–Kier alpha value is -1.92. The Labute approximate surface area is 206 Å². The molecule has 0 radical (unpaired) electrons. The number of allylic oxidation sites excluding steroid dienone is 1. The van der Waals surface area contributed by atoms with Gasteiger partial charge in [-0.3, -0.25) is 0 Å². The van der Waals surface area contributed by atoms with Gasteiger partial charge in [-0.05, 0) is 12.8 Å². The standard InChI is InChI=1S/C21H33NO14/c1-3-4-5-6-31-20(30)22-7-9-15(34-17-13(26)12(25)11(24)10(8-23)33-17)14(27)16-18(32-9)36-21(2,35-16)19(28)29/h3,9-18,23-27H,1,4-8H2,2H3,(H,22,30)(H,28,29). The maximum atomic E-state index is 12.1. The molecule has 15 heteroatoms. The van der Waals surface area contributed by atoms with E-state index in [1.54, 1.807) is 6.08 Å². The number of nitrogens with one attached hydrogen (secondary N) is 1. The van der Waals surface area contributed by atoms with Crippen molar-refractivity contribution in [2.24, 2.45) is 0 Å². The van der Waals surface area contributed by atoms with Crippen LogP contribution in [0.4, 0.5) is 4.79 Å². The number of ether oxygens (including phenoxy) is 6. The highest BCUT2D eigenvalue weighted by atomic mass is 16.8. The first kappa shape index (κ1) is 28.6. The molecule has 7 N–H and O–H groups in total. The number of aliphatic hydroxyl groups is 5. The quantitative estimate of drug-likeness (QED) is 0.113. The zero-order valence-electron chi connectivity index (χ0n) is 19.5. The number of fused-ring (bicyclic) bond motifs is 1. The molecule has 0 saturated carbocycles. The molecule has 0 aromatic heterocycles. The van der Waals surface area contributed by atoms with Gasteiger partial charge in [0.05, 0.1) is 13.2 Å². The first-order valence-corrected chi connectivity index (χ1v) is 11.4. The largest absolute Gasteiger partial charge is 0.477 e. The normalized spacial score (nSPS) is 42.4. The fourth-order valence-corrected chi connectivity index (χ4v) is 4.02. The smallest absolute Gasteiger partial charge is 0.407 e. The van der Waals surface area contributed by atoms with Gasteiger partial charge in [0.1, 0.15) is 48.8 Å². The summed E-state index contributed by atoms with van der Waals surface area (Å²) < 4.78 is 32.5. The molecule has 36 heavy (non-hydrogen) atoms. The third kappa shape index (κ3) is 6.13. The van der Waals surface area contributed by atoms with Gasteiger partial charge >= 0.3 is 12.1 Å². The van der Waals surface area contributed by atoms with Crippen LogP contribution in [0.15, 0.2) is 12.7 Å². The maximum absolute atomic E-state index is 12.1. The van der Waals surface area contributed by atoms with Crippen LogP contribution >= 0.6 is 0 Å². The van der Waals surface area contributed by atoms with Crippen LogP contribution in [0.1, 0.15) is 19.8 Å². The van der Waals surface area contributed by atoms with E-state index < -0.39 is 85.9 Å². The molecule has 3 aliphatic rings. The molecule has 3 fully saturated rings. The number of aliphatic hydroxyl groups excluding tert-OH is 5. The average molecular weight is 523 g/mol. The predicted octanol–water partition coefficient (Wildman–Crippen LogP) is -2.83. The fourth-order valence-electron chi connectivity index (χ4n) is 4.02. The highest BCUT2D eigenvalue weighted by Crippen LogP contribution is 2.38. The summed E-state index contributed by atoms with van der Waals surface area (Å²) in [5, 5.41) is 62.6. The Morgan fingerprint density at radius 3 is 2.42 bits per heavy atom. The van der Waals surface area contributed by atoms with Crippen LogP contribution in [0.3, 0.4) is 0 Å². The van der Waals surface area contributed by atoms with Crippen molar-refractivity contribution in [2.45, 2.75) is 87.0 Å². The SMILES string of the molecule is C=CCCCOC(=O)NCC1OC2OC(C)(C(=O)O)OC2C(O)C1OC1OC(CO)C(O)C(O)C1O. The topological polar surface area (TPSA) is 223 Å². The average Bonchev–Trinajstić information content (AvgIpc) is 3.20. The second-order valence-electron chi connectivity index (χ2n) is 8.73. The van der Waals surface area contributed by atoms with Crippen molar-refractivity contribution < 1.29 is 68.6 Å². The van der Waals surface area contributed by atoms with E-state index in [9.17, 15) is 40.2 Å². The van der Waals surface area contributed by atoms with E-state index in [0.717, 1.165) is 6.92 Å². The second-order valence-corrected chi connectivity index (χ2v) is 8.73. The molecule has 3 rings (SSSR count). The molecule has 0 aliphatic carbocycles. The first-order valence-electron chi connectivity index (χ1n) is 11.4. The van der Waals surface area contributed by atoms with Gasteiger partial charge < -0.3 is 64.4 Å². The van der Waals surface area contributed by atoms with E-state index in [0.29, 0.717) is 12.8 Å². The predicted molar refractivity (Wildman–Crippen MR) is 114 cm³/mol. The summed E-state index contributed by atoms with van der Waals surface area (Å²) in [4.78, 5) is 23.6. The van der Waals surface area contributed by atoms with Gasteiger partial charge in [0.15, 0.2) is 12.6 Å². The van der Waals surface area contributed by atoms with Crippen LogP contribution in [0, 0.1) is 0 Å². The van der Waals surface area contributed by atoms with Crippen molar-refractivity contribution in [1.82, 2.24) is 5.32 Å². The van der Waals surface area contributed by atoms with Gasteiger partial charge in [-0.15, -0.1) is 6.58 Å². The lowest BCUT2D eigenvalue weighted by molar-refractivity contribution is -0.343. The van der Waals surface area contributed by atoms with Crippen LogP contribution in [0.2, 0.25) is 0 Å². The van der Waals surface area contributed by atoms with E-state index >= 15 is 0 Å². The Kier molecular flexibility index (Phi) is 9.62. The second kappa shape index (κ2) is 12.1. The van der Waals surface area contributed by atoms with Crippen LogP contribution in [-0.4, -0.2) is 130 Å². The molecule has 206 valence electrons. The van der Waals surface area contributed by atoms with Gasteiger partial charge in [0.25, 0.3) is 5.79 Å². The number of alkyl carbamates (subject to hydrolysis) is 1. The highest BCUT2D eigenvalue weighted by molar-refractivity contribution is 5.75. The van der Waals surface area contributed by atoms with E-state index in [1.165, 1.54) is 0 Å². The number of unbranched alkanes of at least 4 members (excludes halogenated alkanes) is 1. The zero-order valence-corrected chi connectivity index (χ0v) is 19.5. The number of carbonyl (C=O) groups excluding carboxylic acids is 1. The number of hydrogen-bond acceptors (Lipinski definition) is 13. The van der Waals surface area contributed by atoms with Crippen LogP contribution in [-0.2, 0) is 33.2 Å². The summed E-state index contributed by atoms with van der Waals surface area (Å²) >= 11 is 0. The van der Waals surface area contributed by atoms with Gasteiger partial charge in [0.2, 0.25) is 0 Å². The van der Waals surface area contributed by atoms with E-state index in [2.05, 4.69) is 11.9 Å². The minimum atomic E-state index is -2.14. The number of carboxylic acids is 1. The van der Waals surface area contributed by atoms with E-state index in [4.69, 9.17) is 28.4 Å². The summed E-state index contributed by atoms with van der Waals surface area (Å²) in [5.74, 6) is -3.62. The number of rotatable bonds is 10. The molecule has 11 unspecified atom stereocenters. The molecule has 1 amide bonds. The summed E-state index contributed by atoms with van der Waals surface area (Å²) in [6.07, 6.45) is -13.0. The first-order chi connectivity index (χ1) is 17.0. The minimum Gasteiger partial charge on any atom is -0.477 e. The lowest BCUT2D eigenvalue weighted by Gasteiger charge is -2.45. The summed E-state index contributed by atoms with van der Waals surface area (Å²) in [5.41, 5.74) is 0. The molecule has 11 atom stereocenters. The fraction of sp³-hybridized carbons (Fsp3) is 0.810. The lowest BCUT2D eigenvalue weighted by atomic mass is 9.96. The zero-order chi connectivity index (χ0) is 26.6. The number of carbonyl (C=O) groups is 2. The molecule has 3 heterocycles. The molecule has 3 saturated heterocycles. The third-order valence-electron chi connectivity index (χ3n) is 6.08. The molecular formula is C21H33NO14. The number of hydrogen-bond donors (Lipinski definition) is 7. The van der Waals surface area contributed by atoms with Gasteiger partial charge in [0, 0.05) is 13.5 Å². The van der Waals surface area contributed by atoms with Crippen molar-refractivity contribution in [1.29, 1.82) is 0 Å². The Morgan fingerprint density at radius 2 is 1.78 bits per heavy atom. The molecule has 0 spiro atoms. The van der Waals surface area contributed by atoms with Gasteiger partial charge in [-0.1, -0.05) is 6.08 Å². The van der Waals surface area contributed by atoms with Crippen molar-refractivity contribution in [3.8, 4) is 0 Å². The van der Waals surface area contributed by atoms with Gasteiger partial charge in [-0.2, -0.15) is 0 Å². The highest BCUT2D eigenvalue weighted by Gasteiger charge is 2.60. The maximum Gasteiger partial charge on any atom is 0.407 e. The van der Waals surface area contributed by atoms with Crippen LogP contribution < -0.4 is 5.32 Å². The molecule has 3 aliphatic heterocycles. The number of aliphatic carboxylic acids is 1. The van der Waals surface area contributed by atoms with Crippen LogP contribution in [0.5, 0.6) is 0 Å². The van der Waals surface area contributed by atoms with Crippen molar-refractivity contribution in [3.05, 3.63) is 12.7 Å². The molecule has 0 aromatic carbocycles. The summed E-state index contributed by atoms with van der Waals surface area (Å²) in [6, 6.07) is 0. The Morgan fingerprint density at radius 1 is 1.06 bits per heavy atom. The Bertz CT molecular complexity index is 782. The third-order valence-corrected chi connectivity index (χ3v) is 6.08. The molecule has 0 aromatic rings. The van der Waals surface area contributed by atoms with Gasteiger partial charge in [-0.25, -0.2) is 9.59 Å². The van der Waals surface area contributed by atoms with Crippen molar-refractivity contribution in [2.75, 3.05) is 19.8 Å². The summed E-state index contributed by atoms with van der Waals surface area (Å²) in [7, 11) is 0. The monoisotopic (exact) mass is 523 g/mol. The number of amides is 1. The molecular weight excluding hydrogens is 490 g/mol. The lowest BCUT2D eigenvalue weighted by Crippen LogP contribution is -2.64. The number of carboxylic acid groups (broad SMARTS) is 1. The van der Waals surface area contributed by atoms with Crippen LogP contribution in [0.25, 0.3) is 0 Å². The van der Waals surface area contributed by atoms with Crippen molar-refractivity contribution >= 4 is 12.1 Å². The Balaban J connectivity index is 1.74.